The van der Waals surface area contributed by atoms with Crippen LogP contribution in [-0.2, 0) is 31.3 Å². The molecular weight excluding hydrogens is 478 g/mol. The van der Waals surface area contributed by atoms with E-state index in [1.807, 2.05) is 6.07 Å². The van der Waals surface area contributed by atoms with Gasteiger partial charge >= 0.3 is 0 Å². The summed E-state index contributed by atoms with van der Waals surface area (Å²) >= 11 is -2.16. The second kappa shape index (κ2) is 9.13. The summed E-state index contributed by atoms with van der Waals surface area (Å²) in [6.07, 6.45) is 5.28. The Hall–Kier alpha value is -3.74. The minimum atomic E-state index is -2.16. The molecule has 0 saturated carbocycles. The summed E-state index contributed by atoms with van der Waals surface area (Å²) in [6.45, 7) is 0.337. The lowest BCUT2D eigenvalue weighted by Crippen LogP contribution is -2.19. The fourth-order valence-corrected chi connectivity index (χ4v) is 4.47. The standard InChI is InChI=1S/C23H20F2N6O3S/c1-30-11-18(17-3-4-26-21(17)23(30)32)19-8-14(2-5-28-35(33)34)20-22(29-19)31(12-27-20)10-13-6-15(24)9-16(25)7-13/h3-4,6-9,11-12,26,28H,2,5,10H2,1H3,(H,33,34). The second-order valence-electron chi connectivity index (χ2n) is 8.11. The van der Waals surface area contributed by atoms with E-state index in [1.165, 1.54) is 23.0 Å². The molecule has 1 aromatic carbocycles. The number of benzene rings is 1. The van der Waals surface area contributed by atoms with E-state index in [0.29, 0.717) is 45.3 Å². The maximum absolute atomic E-state index is 13.7. The van der Waals surface area contributed by atoms with Crippen LogP contribution in [0.2, 0.25) is 0 Å². The number of H-pyrrole nitrogens is 1. The maximum atomic E-state index is 13.7. The van der Waals surface area contributed by atoms with E-state index >= 15 is 0 Å². The summed E-state index contributed by atoms with van der Waals surface area (Å²) in [5.41, 5.74) is 3.72. The summed E-state index contributed by atoms with van der Waals surface area (Å²) in [5.74, 6) is -1.36. The number of hydrogen-bond acceptors (Lipinski definition) is 4. The van der Waals surface area contributed by atoms with Crippen molar-refractivity contribution in [2.24, 2.45) is 7.05 Å². The van der Waals surface area contributed by atoms with Gasteiger partial charge in [-0.25, -0.2) is 27.7 Å². The van der Waals surface area contributed by atoms with Crippen molar-refractivity contribution in [2.45, 2.75) is 13.0 Å². The number of rotatable bonds is 7. The Morgan fingerprint density at radius 3 is 2.71 bits per heavy atom. The molecule has 12 heteroatoms. The first-order chi connectivity index (χ1) is 16.8. The van der Waals surface area contributed by atoms with E-state index in [-0.39, 0.29) is 18.6 Å². The van der Waals surface area contributed by atoms with Crippen molar-refractivity contribution >= 4 is 33.3 Å². The summed E-state index contributed by atoms with van der Waals surface area (Å²) in [6, 6.07) is 6.92. The molecule has 1 atom stereocenters. The molecule has 1 unspecified atom stereocenters. The van der Waals surface area contributed by atoms with Gasteiger partial charge in [-0.15, -0.1) is 0 Å². The van der Waals surface area contributed by atoms with E-state index in [2.05, 4.69) is 14.7 Å². The Morgan fingerprint density at radius 2 is 1.97 bits per heavy atom. The van der Waals surface area contributed by atoms with Crippen molar-refractivity contribution in [2.75, 3.05) is 6.54 Å². The van der Waals surface area contributed by atoms with Crippen molar-refractivity contribution in [3.05, 3.63) is 82.2 Å². The van der Waals surface area contributed by atoms with E-state index in [0.717, 1.165) is 11.6 Å². The summed E-state index contributed by atoms with van der Waals surface area (Å²) < 4.78 is 53.2. The Balaban J connectivity index is 1.67. The average molecular weight is 499 g/mol. The number of imidazole rings is 1. The molecule has 0 saturated heterocycles. The number of aromatic nitrogens is 5. The van der Waals surface area contributed by atoms with Crippen LogP contribution >= 0.6 is 0 Å². The first kappa shape index (κ1) is 23.0. The van der Waals surface area contributed by atoms with Gasteiger partial charge in [0.1, 0.15) is 22.7 Å². The molecule has 0 amide bonds. The van der Waals surface area contributed by atoms with Gasteiger partial charge in [-0.1, -0.05) is 0 Å². The van der Waals surface area contributed by atoms with Crippen LogP contribution in [0, 0.1) is 11.6 Å². The molecule has 0 fully saturated rings. The molecule has 4 heterocycles. The molecule has 180 valence electrons. The third-order valence-electron chi connectivity index (χ3n) is 5.72. The summed E-state index contributed by atoms with van der Waals surface area (Å²) in [5, 5.41) is 0.693. The van der Waals surface area contributed by atoms with Crippen LogP contribution in [0.4, 0.5) is 8.78 Å². The number of nitrogens with one attached hydrogen (secondary N) is 2. The summed E-state index contributed by atoms with van der Waals surface area (Å²) in [4.78, 5) is 24.7. The Labute approximate surface area is 199 Å². The first-order valence-corrected chi connectivity index (χ1v) is 11.7. The molecule has 0 aliphatic rings. The van der Waals surface area contributed by atoms with E-state index < -0.39 is 22.9 Å². The Morgan fingerprint density at radius 1 is 1.20 bits per heavy atom. The number of nitrogens with zero attached hydrogens (tertiary/aromatic N) is 4. The highest BCUT2D eigenvalue weighted by Gasteiger charge is 2.17. The van der Waals surface area contributed by atoms with Crippen LogP contribution < -0.4 is 10.3 Å². The largest absolute Gasteiger partial charge is 0.357 e. The highest BCUT2D eigenvalue weighted by molar-refractivity contribution is 7.77. The van der Waals surface area contributed by atoms with Crippen LogP contribution in [0.15, 0.2) is 53.8 Å². The molecule has 0 aliphatic heterocycles. The molecule has 4 aromatic heterocycles. The molecule has 0 bridgehead atoms. The minimum absolute atomic E-state index is 0.132. The van der Waals surface area contributed by atoms with Crippen LogP contribution in [-0.4, -0.2) is 39.4 Å². The highest BCUT2D eigenvalue weighted by atomic mass is 32.2. The van der Waals surface area contributed by atoms with Gasteiger partial charge in [0.25, 0.3) is 5.56 Å². The molecule has 35 heavy (non-hydrogen) atoms. The van der Waals surface area contributed by atoms with Crippen molar-refractivity contribution in [1.82, 2.24) is 28.8 Å². The van der Waals surface area contributed by atoms with Crippen LogP contribution in [0.3, 0.4) is 0 Å². The SMILES string of the molecule is Cn1cc(-c2cc(CCNS(=O)O)c3ncn(Cc4cc(F)cc(F)c4)c3n2)c2cc[nH]c2c1=O. The Bertz CT molecular complexity index is 1640. The zero-order valence-electron chi connectivity index (χ0n) is 18.5. The monoisotopic (exact) mass is 498 g/mol. The molecule has 0 radical (unpaired) electrons. The normalized spacial score (nSPS) is 12.6. The van der Waals surface area contributed by atoms with Crippen molar-refractivity contribution < 1.29 is 17.5 Å². The summed E-state index contributed by atoms with van der Waals surface area (Å²) in [7, 11) is 1.65. The quantitative estimate of drug-likeness (QED) is 0.298. The van der Waals surface area contributed by atoms with Gasteiger partial charge in [0.05, 0.1) is 18.6 Å². The van der Waals surface area contributed by atoms with Crippen LogP contribution in [0.1, 0.15) is 11.1 Å². The van der Waals surface area contributed by atoms with Crippen LogP contribution in [0.25, 0.3) is 33.3 Å². The van der Waals surface area contributed by atoms with Gasteiger partial charge in [0.2, 0.25) is 11.3 Å². The van der Waals surface area contributed by atoms with Gasteiger partial charge in [-0.2, -0.15) is 0 Å². The van der Waals surface area contributed by atoms with Crippen LogP contribution in [0.5, 0.6) is 0 Å². The van der Waals surface area contributed by atoms with Crippen molar-refractivity contribution in [1.29, 1.82) is 0 Å². The van der Waals surface area contributed by atoms with E-state index in [1.54, 1.807) is 30.1 Å². The third-order valence-corrected chi connectivity index (χ3v) is 6.17. The zero-order valence-corrected chi connectivity index (χ0v) is 19.3. The van der Waals surface area contributed by atoms with Gasteiger partial charge in [0.15, 0.2) is 5.65 Å². The van der Waals surface area contributed by atoms with Gasteiger partial charge in [0, 0.05) is 43.0 Å². The lowest BCUT2D eigenvalue weighted by Gasteiger charge is -2.11. The number of aromatic amines is 1. The first-order valence-electron chi connectivity index (χ1n) is 10.6. The van der Waals surface area contributed by atoms with Gasteiger partial charge in [-0.05, 0) is 41.8 Å². The number of halogens is 2. The molecule has 0 aliphatic carbocycles. The lowest BCUT2D eigenvalue weighted by atomic mass is 10.0. The molecule has 9 nitrogen and oxygen atoms in total. The van der Waals surface area contributed by atoms with Crippen molar-refractivity contribution in [3.63, 3.8) is 0 Å². The molecule has 5 aromatic rings. The predicted octanol–water partition coefficient (Wildman–Crippen LogP) is 2.87. The van der Waals surface area contributed by atoms with E-state index in [9.17, 15) is 17.8 Å². The average Bonchev–Trinajstić information content (AvgIpc) is 3.43. The lowest BCUT2D eigenvalue weighted by molar-refractivity contribution is 0.549. The smallest absolute Gasteiger partial charge is 0.274 e. The molecule has 5 rings (SSSR count). The number of aryl methyl sites for hydroxylation is 1. The number of pyridine rings is 2. The molecule has 0 spiro atoms. The topological polar surface area (TPSA) is 118 Å². The maximum Gasteiger partial charge on any atom is 0.274 e. The fourth-order valence-electron chi connectivity index (χ4n) is 4.19. The van der Waals surface area contributed by atoms with Gasteiger partial charge in [-0.3, -0.25) is 9.35 Å². The highest BCUT2D eigenvalue weighted by Crippen LogP contribution is 2.29. The van der Waals surface area contributed by atoms with Crippen molar-refractivity contribution in [3.8, 4) is 11.3 Å². The number of hydrogen-bond donors (Lipinski definition) is 3. The van der Waals surface area contributed by atoms with E-state index in [4.69, 9.17) is 9.54 Å². The Kier molecular flexibility index (Phi) is 6.01. The minimum Gasteiger partial charge on any atom is -0.357 e. The predicted molar refractivity (Wildman–Crippen MR) is 128 cm³/mol. The molecule has 3 N–H and O–H groups in total. The zero-order chi connectivity index (χ0) is 24.7. The third kappa shape index (κ3) is 4.50. The molecular formula is C23H20F2N6O3S. The van der Waals surface area contributed by atoms with Gasteiger partial charge < -0.3 is 14.1 Å². The fraction of sp³-hybridized carbons (Fsp3) is 0.174. The second-order valence-corrected chi connectivity index (χ2v) is 8.89. The number of fused-ring (bicyclic) bond motifs is 2.